The van der Waals surface area contributed by atoms with Gasteiger partial charge in [0.05, 0.1) is 24.7 Å². The third kappa shape index (κ3) is 4.45. The average Bonchev–Trinajstić information content (AvgIpc) is 2.38. The fourth-order valence-corrected chi connectivity index (χ4v) is 3.63. The number of hydrogen-bond acceptors (Lipinski definition) is 4. The summed E-state index contributed by atoms with van der Waals surface area (Å²) in [6.45, 7) is 6.68. The SMILES string of the molecule is CCOC(=O)C1CCC(NC2CC(C)OC(C)C2)CC1. The van der Waals surface area contributed by atoms with Crippen molar-refractivity contribution >= 4 is 5.97 Å². The molecule has 0 aromatic heterocycles. The lowest BCUT2D eigenvalue weighted by Crippen LogP contribution is -2.47. The fourth-order valence-electron chi connectivity index (χ4n) is 3.63. The molecule has 0 amide bonds. The lowest BCUT2D eigenvalue weighted by Gasteiger charge is -2.37. The number of carbonyl (C=O) groups excluding carboxylic acids is 1. The van der Waals surface area contributed by atoms with Crippen LogP contribution in [0, 0.1) is 5.92 Å². The minimum Gasteiger partial charge on any atom is -0.466 e. The summed E-state index contributed by atoms with van der Waals surface area (Å²) in [5.74, 6) is 0.125. The van der Waals surface area contributed by atoms with Crippen molar-refractivity contribution in [3.8, 4) is 0 Å². The lowest BCUT2D eigenvalue weighted by molar-refractivity contribution is -0.149. The zero-order valence-electron chi connectivity index (χ0n) is 13.1. The van der Waals surface area contributed by atoms with E-state index >= 15 is 0 Å². The van der Waals surface area contributed by atoms with E-state index in [2.05, 4.69) is 19.2 Å². The molecule has 1 aliphatic heterocycles. The molecule has 1 heterocycles. The number of carbonyl (C=O) groups is 1. The van der Waals surface area contributed by atoms with Gasteiger partial charge in [0.2, 0.25) is 0 Å². The topological polar surface area (TPSA) is 47.6 Å². The van der Waals surface area contributed by atoms with E-state index in [1.165, 1.54) is 0 Å². The van der Waals surface area contributed by atoms with Crippen molar-refractivity contribution in [1.29, 1.82) is 0 Å². The van der Waals surface area contributed by atoms with Gasteiger partial charge in [-0.2, -0.15) is 0 Å². The quantitative estimate of drug-likeness (QED) is 0.806. The van der Waals surface area contributed by atoms with Crippen LogP contribution in [-0.4, -0.2) is 36.9 Å². The second kappa shape index (κ2) is 7.41. The maximum atomic E-state index is 11.7. The van der Waals surface area contributed by atoms with Crippen molar-refractivity contribution in [2.75, 3.05) is 6.61 Å². The van der Waals surface area contributed by atoms with Crippen molar-refractivity contribution < 1.29 is 14.3 Å². The molecule has 4 nitrogen and oxygen atoms in total. The van der Waals surface area contributed by atoms with Gasteiger partial charge in [-0.15, -0.1) is 0 Å². The maximum absolute atomic E-state index is 11.7. The third-order valence-corrected chi connectivity index (χ3v) is 4.52. The molecule has 0 spiro atoms. The Morgan fingerprint density at radius 1 is 1.10 bits per heavy atom. The van der Waals surface area contributed by atoms with Gasteiger partial charge >= 0.3 is 5.97 Å². The highest BCUT2D eigenvalue weighted by atomic mass is 16.5. The van der Waals surface area contributed by atoms with Gasteiger partial charge in [-0.25, -0.2) is 0 Å². The Balaban J connectivity index is 1.72. The highest BCUT2D eigenvalue weighted by Crippen LogP contribution is 2.27. The molecule has 2 atom stereocenters. The minimum absolute atomic E-state index is 0.000684. The zero-order valence-corrected chi connectivity index (χ0v) is 13.1. The van der Waals surface area contributed by atoms with Crippen molar-refractivity contribution in [2.45, 2.75) is 83.6 Å². The summed E-state index contributed by atoms with van der Waals surface area (Å²) in [6, 6.07) is 1.13. The lowest BCUT2D eigenvalue weighted by atomic mass is 9.85. The summed E-state index contributed by atoms with van der Waals surface area (Å²) >= 11 is 0. The van der Waals surface area contributed by atoms with Gasteiger partial charge in [0, 0.05) is 12.1 Å². The van der Waals surface area contributed by atoms with Crippen LogP contribution in [0.1, 0.15) is 59.3 Å². The van der Waals surface area contributed by atoms with Gasteiger partial charge in [0.1, 0.15) is 0 Å². The van der Waals surface area contributed by atoms with Gasteiger partial charge in [0.25, 0.3) is 0 Å². The van der Waals surface area contributed by atoms with Crippen LogP contribution in [0.15, 0.2) is 0 Å². The molecule has 1 saturated heterocycles. The normalized spacial score (nSPS) is 38.5. The van der Waals surface area contributed by atoms with E-state index in [0.717, 1.165) is 38.5 Å². The van der Waals surface area contributed by atoms with Crippen LogP contribution in [0.25, 0.3) is 0 Å². The summed E-state index contributed by atoms with van der Waals surface area (Å²) in [5, 5.41) is 3.78. The molecule has 1 N–H and O–H groups in total. The molecule has 2 aliphatic rings. The summed E-state index contributed by atoms with van der Waals surface area (Å²) in [7, 11) is 0. The van der Waals surface area contributed by atoms with Crippen LogP contribution in [0.2, 0.25) is 0 Å². The summed E-state index contributed by atoms with van der Waals surface area (Å²) in [4.78, 5) is 11.7. The molecule has 0 aromatic rings. The molecule has 116 valence electrons. The molecule has 0 radical (unpaired) electrons. The molecular formula is C16H29NO3. The molecule has 2 unspecified atom stereocenters. The number of rotatable bonds is 4. The molecule has 1 saturated carbocycles. The summed E-state index contributed by atoms with van der Waals surface area (Å²) in [5.41, 5.74) is 0. The minimum atomic E-state index is -0.000684. The van der Waals surface area contributed by atoms with E-state index in [4.69, 9.17) is 9.47 Å². The molecule has 20 heavy (non-hydrogen) atoms. The van der Waals surface area contributed by atoms with E-state index in [1.54, 1.807) is 0 Å². The van der Waals surface area contributed by atoms with Crippen LogP contribution in [-0.2, 0) is 14.3 Å². The second-order valence-electron chi connectivity index (χ2n) is 6.39. The Bertz CT molecular complexity index is 303. The first-order chi connectivity index (χ1) is 9.58. The molecule has 0 bridgehead atoms. The van der Waals surface area contributed by atoms with Gasteiger partial charge in [0.15, 0.2) is 0 Å². The standard InChI is InChI=1S/C16H29NO3/c1-4-19-16(18)13-5-7-14(8-6-13)17-15-9-11(2)20-12(3)10-15/h11-15,17H,4-10H2,1-3H3. The highest BCUT2D eigenvalue weighted by Gasteiger charge is 2.30. The van der Waals surface area contributed by atoms with E-state index in [-0.39, 0.29) is 11.9 Å². The maximum Gasteiger partial charge on any atom is 0.308 e. The molecule has 0 aromatic carbocycles. The van der Waals surface area contributed by atoms with Crippen LogP contribution in [0.4, 0.5) is 0 Å². The monoisotopic (exact) mass is 283 g/mol. The Labute approximate surface area is 122 Å². The molecule has 4 heteroatoms. The number of ether oxygens (including phenoxy) is 2. The smallest absolute Gasteiger partial charge is 0.308 e. The Kier molecular flexibility index (Phi) is 5.85. The van der Waals surface area contributed by atoms with Gasteiger partial charge < -0.3 is 14.8 Å². The van der Waals surface area contributed by atoms with E-state index in [0.29, 0.717) is 30.9 Å². The first-order valence-electron chi connectivity index (χ1n) is 8.16. The predicted molar refractivity (Wildman–Crippen MR) is 78.5 cm³/mol. The second-order valence-corrected chi connectivity index (χ2v) is 6.39. The third-order valence-electron chi connectivity index (χ3n) is 4.52. The van der Waals surface area contributed by atoms with Crippen LogP contribution in [0.5, 0.6) is 0 Å². The predicted octanol–water partition coefficient (Wildman–Crippen LogP) is 2.65. The number of esters is 1. The van der Waals surface area contributed by atoms with E-state index in [9.17, 15) is 4.79 Å². The number of nitrogens with one attached hydrogen (secondary N) is 1. The average molecular weight is 283 g/mol. The van der Waals surface area contributed by atoms with Gasteiger partial charge in [-0.05, 0) is 59.3 Å². The molecule has 2 fully saturated rings. The van der Waals surface area contributed by atoms with E-state index < -0.39 is 0 Å². The fraction of sp³-hybridized carbons (Fsp3) is 0.938. The Hall–Kier alpha value is -0.610. The van der Waals surface area contributed by atoms with Crippen molar-refractivity contribution in [1.82, 2.24) is 5.32 Å². The van der Waals surface area contributed by atoms with E-state index in [1.807, 2.05) is 6.92 Å². The van der Waals surface area contributed by atoms with Crippen molar-refractivity contribution in [2.24, 2.45) is 5.92 Å². The summed E-state index contributed by atoms with van der Waals surface area (Å²) < 4.78 is 10.9. The number of hydrogen-bond donors (Lipinski definition) is 1. The van der Waals surface area contributed by atoms with Crippen molar-refractivity contribution in [3.05, 3.63) is 0 Å². The van der Waals surface area contributed by atoms with Crippen LogP contribution < -0.4 is 5.32 Å². The Morgan fingerprint density at radius 3 is 2.25 bits per heavy atom. The Morgan fingerprint density at radius 2 is 1.70 bits per heavy atom. The zero-order chi connectivity index (χ0) is 14.5. The van der Waals surface area contributed by atoms with Crippen molar-refractivity contribution in [3.63, 3.8) is 0 Å². The van der Waals surface area contributed by atoms with Gasteiger partial charge in [-0.3, -0.25) is 4.79 Å². The van der Waals surface area contributed by atoms with Gasteiger partial charge in [-0.1, -0.05) is 0 Å². The molecular weight excluding hydrogens is 254 g/mol. The molecule has 2 rings (SSSR count). The first kappa shape index (κ1) is 15.8. The largest absolute Gasteiger partial charge is 0.466 e. The highest BCUT2D eigenvalue weighted by molar-refractivity contribution is 5.72. The first-order valence-corrected chi connectivity index (χ1v) is 8.16. The summed E-state index contributed by atoms with van der Waals surface area (Å²) in [6.07, 6.45) is 7.01. The molecule has 1 aliphatic carbocycles. The van der Waals surface area contributed by atoms with Crippen LogP contribution >= 0.6 is 0 Å². The van der Waals surface area contributed by atoms with Crippen LogP contribution in [0.3, 0.4) is 0 Å².